The summed E-state index contributed by atoms with van der Waals surface area (Å²) in [6.45, 7) is 3.09. The van der Waals surface area contributed by atoms with Gasteiger partial charge in [0.1, 0.15) is 0 Å². The van der Waals surface area contributed by atoms with Gasteiger partial charge in [-0.15, -0.1) is 0 Å². The summed E-state index contributed by atoms with van der Waals surface area (Å²) < 4.78 is 2.08. The molecule has 1 aromatic heterocycles. The first kappa shape index (κ1) is 13.6. The van der Waals surface area contributed by atoms with Gasteiger partial charge >= 0.3 is 0 Å². The molecule has 2 fully saturated rings. The van der Waals surface area contributed by atoms with Crippen LogP contribution in [0.25, 0.3) is 0 Å². The smallest absolute Gasteiger partial charge is 0.223 e. The van der Waals surface area contributed by atoms with Crippen molar-refractivity contribution < 1.29 is 4.79 Å². The summed E-state index contributed by atoms with van der Waals surface area (Å²) in [5.74, 6) is 0.453. The Morgan fingerprint density at radius 2 is 2.40 bits per heavy atom. The van der Waals surface area contributed by atoms with Gasteiger partial charge in [0, 0.05) is 39.3 Å². The van der Waals surface area contributed by atoms with E-state index >= 15 is 0 Å². The number of carbonyl (C=O) groups is 1. The van der Waals surface area contributed by atoms with Gasteiger partial charge in [0.25, 0.3) is 0 Å². The van der Waals surface area contributed by atoms with Crippen molar-refractivity contribution in [2.75, 3.05) is 20.1 Å². The molecule has 1 saturated heterocycles. The van der Waals surface area contributed by atoms with E-state index in [-0.39, 0.29) is 17.2 Å². The maximum Gasteiger partial charge on any atom is 0.223 e. The van der Waals surface area contributed by atoms with Crippen LogP contribution in [0.3, 0.4) is 0 Å². The van der Waals surface area contributed by atoms with E-state index in [1.165, 1.54) is 18.5 Å². The Labute approximate surface area is 120 Å². The third kappa shape index (κ3) is 2.24. The van der Waals surface area contributed by atoms with Crippen LogP contribution < -0.4 is 5.32 Å². The normalized spacial score (nSPS) is 30.2. The molecule has 5 nitrogen and oxygen atoms in total. The maximum atomic E-state index is 12.1. The summed E-state index contributed by atoms with van der Waals surface area (Å²) in [7, 11) is 3.80. The van der Waals surface area contributed by atoms with Gasteiger partial charge in [0.2, 0.25) is 5.91 Å². The predicted octanol–water partition coefficient (Wildman–Crippen LogP) is 1.16. The zero-order valence-corrected chi connectivity index (χ0v) is 12.4. The first-order valence-electron chi connectivity index (χ1n) is 7.54. The van der Waals surface area contributed by atoms with Crippen molar-refractivity contribution in [3.05, 3.63) is 18.2 Å². The number of rotatable bonds is 3. The molecule has 1 aliphatic carbocycles. The number of amides is 1. The van der Waals surface area contributed by atoms with Gasteiger partial charge in [-0.3, -0.25) is 9.69 Å². The number of aromatic nitrogens is 2. The molecule has 5 heteroatoms. The summed E-state index contributed by atoms with van der Waals surface area (Å²) in [4.78, 5) is 18.8. The molecule has 1 amide bonds. The minimum Gasteiger partial charge on any atom is -0.359 e. The Kier molecular flexibility index (Phi) is 3.54. The Hall–Kier alpha value is -1.36. The molecule has 1 aromatic rings. The standard InChI is InChI=1S/C15H24N4O/c1-16-14(20)13-4-3-5-15(13)6-7-19(10-15)9-12-8-17-11-18(12)2/h8,11,13H,3-7,9-10H2,1-2H3,(H,16,20). The molecule has 2 aliphatic rings. The average Bonchev–Trinajstić information content (AvgIpc) is 3.14. The van der Waals surface area contributed by atoms with Crippen molar-refractivity contribution in [2.45, 2.75) is 32.2 Å². The molecule has 2 heterocycles. The van der Waals surface area contributed by atoms with Crippen LogP contribution in [0.1, 0.15) is 31.4 Å². The highest BCUT2D eigenvalue weighted by Crippen LogP contribution is 2.49. The molecule has 2 atom stereocenters. The van der Waals surface area contributed by atoms with Crippen molar-refractivity contribution >= 4 is 5.91 Å². The molecule has 1 spiro atoms. The molecule has 3 rings (SSSR count). The third-order valence-electron chi connectivity index (χ3n) is 5.24. The summed E-state index contributed by atoms with van der Waals surface area (Å²) in [5, 5.41) is 2.86. The van der Waals surface area contributed by atoms with Crippen LogP contribution in [-0.2, 0) is 18.4 Å². The first-order valence-corrected chi connectivity index (χ1v) is 7.54. The van der Waals surface area contributed by atoms with E-state index in [2.05, 4.69) is 19.8 Å². The summed E-state index contributed by atoms with van der Waals surface area (Å²) in [5.41, 5.74) is 1.47. The molecule has 1 saturated carbocycles. The van der Waals surface area contributed by atoms with Crippen LogP contribution in [0.5, 0.6) is 0 Å². The van der Waals surface area contributed by atoms with Crippen molar-refractivity contribution in [3.63, 3.8) is 0 Å². The average molecular weight is 276 g/mol. The number of hydrogen-bond acceptors (Lipinski definition) is 3. The predicted molar refractivity (Wildman–Crippen MR) is 76.9 cm³/mol. The fourth-order valence-corrected chi connectivity index (χ4v) is 4.10. The molecule has 0 aromatic carbocycles. The Morgan fingerprint density at radius 3 is 3.10 bits per heavy atom. The second kappa shape index (κ2) is 5.20. The molecule has 20 heavy (non-hydrogen) atoms. The molecule has 1 aliphatic heterocycles. The second-order valence-corrected chi connectivity index (χ2v) is 6.38. The lowest BCUT2D eigenvalue weighted by Crippen LogP contribution is -2.39. The van der Waals surface area contributed by atoms with E-state index in [0.29, 0.717) is 0 Å². The monoisotopic (exact) mass is 276 g/mol. The zero-order valence-electron chi connectivity index (χ0n) is 12.4. The number of nitrogens with one attached hydrogen (secondary N) is 1. The highest BCUT2D eigenvalue weighted by molar-refractivity contribution is 5.79. The first-order chi connectivity index (χ1) is 9.64. The van der Waals surface area contributed by atoms with Crippen LogP contribution in [0.2, 0.25) is 0 Å². The van der Waals surface area contributed by atoms with Crippen molar-refractivity contribution in [2.24, 2.45) is 18.4 Å². The molecule has 0 radical (unpaired) electrons. The van der Waals surface area contributed by atoms with E-state index in [0.717, 1.165) is 32.5 Å². The molecule has 2 unspecified atom stereocenters. The van der Waals surface area contributed by atoms with Crippen molar-refractivity contribution in [3.8, 4) is 0 Å². The summed E-state index contributed by atoms with van der Waals surface area (Å²) >= 11 is 0. The molecular weight excluding hydrogens is 252 g/mol. The molecular formula is C15H24N4O. The number of nitrogens with zero attached hydrogens (tertiary/aromatic N) is 3. The third-order valence-corrected chi connectivity index (χ3v) is 5.24. The van der Waals surface area contributed by atoms with Gasteiger partial charge in [-0.2, -0.15) is 0 Å². The fraction of sp³-hybridized carbons (Fsp3) is 0.733. The minimum atomic E-state index is 0.212. The van der Waals surface area contributed by atoms with E-state index < -0.39 is 0 Å². The van der Waals surface area contributed by atoms with E-state index in [1.54, 1.807) is 7.05 Å². The Bertz CT molecular complexity index is 498. The van der Waals surface area contributed by atoms with Crippen LogP contribution in [0, 0.1) is 11.3 Å². The van der Waals surface area contributed by atoms with Crippen LogP contribution >= 0.6 is 0 Å². The van der Waals surface area contributed by atoms with Gasteiger partial charge in [-0.1, -0.05) is 6.42 Å². The van der Waals surface area contributed by atoms with Gasteiger partial charge in [0.05, 0.1) is 12.0 Å². The SMILES string of the molecule is CNC(=O)C1CCCC12CCN(Cc1cncn1C)C2. The minimum absolute atomic E-state index is 0.212. The highest BCUT2D eigenvalue weighted by Gasteiger charge is 2.49. The summed E-state index contributed by atoms with van der Waals surface area (Å²) in [6.07, 6.45) is 8.40. The number of likely N-dealkylation sites (tertiary alicyclic amines) is 1. The van der Waals surface area contributed by atoms with Crippen molar-refractivity contribution in [1.82, 2.24) is 19.8 Å². The largest absolute Gasteiger partial charge is 0.359 e. The number of imidazole rings is 1. The van der Waals surface area contributed by atoms with Crippen LogP contribution in [0.4, 0.5) is 0 Å². The summed E-state index contributed by atoms with van der Waals surface area (Å²) in [6, 6.07) is 0. The van der Waals surface area contributed by atoms with Gasteiger partial charge in [0.15, 0.2) is 0 Å². The topological polar surface area (TPSA) is 50.2 Å². The van der Waals surface area contributed by atoms with Gasteiger partial charge in [-0.25, -0.2) is 4.98 Å². The van der Waals surface area contributed by atoms with Crippen molar-refractivity contribution in [1.29, 1.82) is 0 Å². The van der Waals surface area contributed by atoms with E-state index in [9.17, 15) is 4.79 Å². The quantitative estimate of drug-likeness (QED) is 0.901. The highest BCUT2D eigenvalue weighted by atomic mass is 16.1. The van der Waals surface area contributed by atoms with Gasteiger partial charge < -0.3 is 9.88 Å². The number of carbonyl (C=O) groups excluding carboxylic acids is 1. The Balaban J connectivity index is 1.69. The molecule has 110 valence electrons. The lowest BCUT2D eigenvalue weighted by Gasteiger charge is -2.30. The van der Waals surface area contributed by atoms with Crippen LogP contribution in [-0.4, -0.2) is 40.5 Å². The van der Waals surface area contributed by atoms with Crippen LogP contribution in [0.15, 0.2) is 12.5 Å². The molecule has 1 N–H and O–H groups in total. The van der Waals surface area contributed by atoms with E-state index in [1.807, 2.05) is 19.6 Å². The maximum absolute atomic E-state index is 12.1. The number of hydrogen-bond donors (Lipinski definition) is 1. The second-order valence-electron chi connectivity index (χ2n) is 6.38. The number of aryl methyl sites for hydroxylation is 1. The fourth-order valence-electron chi connectivity index (χ4n) is 4.10. The zero-order chi connectivity index (χ0) is 14.2. The lowest BCUT2D eigenvalue weighted by atomic mass is 9.76. The Morgan fingerprint density at radius 1 is 1.55 bits per heavy atom. The van der Waals surface area contributed by atoms with E-state index in [4.69, 9.17) is 0 Å². The molecule has 0 bridgehead atoms. The lowest BCUT2D eigenvalue weighted by molar-refractivity contribution is -0.127. The van der Waals surface area contributed by atoms with Gasteiger partial charge in [-0.05, 0) is 31.2 Å².